The van der Waals surface area contributed by atoms with Crippen LogP contribution in [0.2, 0.25) is 0 Å². The summed E-state index contributed by atoms with van der Waals surface area (Å²) in [6, 6.07) is 11.6. The number of amides is 1. The van der Waals surface area contributed by atoms with Crippen molar-refractivity contribution in [2.75, 3.05) is 17.7 Å². The molecule has 28 heavy (non-hydrogen) atoms. The normalized spacial score (nSPS) is 11.8. The maximum absolute atomic E-state index is 12.7. The molecule has 146 valence electrons. The Morgan fingerprint density at radius 1 is 1.29 bits per heavy atom. The third-order valence-corrected chi connectivity index (χ3v) is 5.16. The minimum Gasteiger partial charge on any atom is -0.494 e. The van der Waals surface area contributed by atoms with Gasteiger partial charge < -0.3 is 15.8 Å². The van der Waals surface area contributed by atoms with E-state index >= 15 is 0 Å². The van der Waals surface area contributed by atoms with Gasteiger partial charge in [0.15, 0.2) is 0 Å². The van der Waals surface area contributed by atoms with Crippen LogP contribution in [0.5, 0.6) is 5.75 Å². The van der Waals surface area contributed by atoms with Crippen molar-refractivity contribution in [2.45, 2.75) is 26.8 Å². The van der Waals surface area contributed by atoms with E-state index in [0.29, 0.717) is 18.0 Å². The van der Waals surface area contributed by atoms with E-state index in [2.05, 4.69) is 10.4 Å². The number of carbonyl (C=O) groups excluding carboxylic acids is 1. The molecular formula is C20H22N4O3S. The second kappa shape index (κ2) is 8.26. The van der Waals surface area contributed by atoms with Crippen molar-refractivity contribution < 1.29 is 9.53 Å². The molecule has 0 radical (unpaired) electrons. The molecule has 3 N–H and O–H groups in total. The number of nitrogen functional groups attached to an aromatic ring is 1. The topological polar surface area (TPSA) is 99.2 Å². The van der Waals surface area contributed by atoms with Crippen molar-refractivity contribution in [3.63, 3.8) is 0 Å². The van der Waals surface area contributed by atoms with Gasteiger partial charge in [-0.25, -0.2) is 4.68 Å². The zero-order valence-corrected chi connectivity index (χ0v) is 16.7. The van der Waals surface area contributed by atoms with Crippen molar-refractivity contribution >= 4 is 28.6 Å². The fourth-order valence-electron chi connectivity index (χ4n) is 2.65. The van der Waals surface area contributed by atoms with Gasteiger partial charge in [-0.05, 0) is 63.2 Å². The molecule has 3 aromatic rings. The first kappa shape index (κ1) is 19.6. The summed E-state index contributed by atoms with van der Waals surface area (Å²) >= 11 is 1.55. The standard InChI is InChI=1S/C20H22N4O3S/c1-4-27-15-8-6-14(7-9-15)22-19(25)13(3)24-20(26)16(21)11-17(23-24)18-10-5-12(2)28-18/h5-11,13H,4,21H2,1-3H3,(H,22,25)/t13-/m1/s1. The van der Waals surface area contributed by atoms with Gasteiger partial charge in [0.05, 0.1) is 11.5 Å². The van der Waals surface area contributed by atoms with Gasteiger partial charge in [-0.3, -0.25) is 9.59 Å². The van der Waals surface area contributed by atoms with Gasteiger partial charge in [-0.1, -0.05) is 0 Å². The number of thiophene rings is 1. The number of nitrogens with two attached hydrogens (primary N) is 1. The number of anilines is 2. The van der Waals surface area contributed by atoms with E-state index in [9.17, 15) is 9.59 Å². The molecule has 0 aliphatic carbocycles. The molecule has 0 saturated heterocycles. The van der Waals surface area contributed by atoms with E-state index in [-0.39, 0.29) is 11.6 Å². The molecule has 1 atom stereocenters. The minimum absolute atomic E-state index is 0.0526. The summed E-state index contributed by atoms with van der Waals surface area (Å²) in [4.78, 5) is 27.1. The summed E-state index contributed by atoms with van der Waals surface area (Å²) in [5, 5.41) is 7.16. The summed E-state index contributed by atoms with van der Waals surface area (Å²) in [7, 11) is 0. The Labute approximate surface area is 166 Å². The average molecular weight is 398 g/mol. The number of carbonyl (C=O) groups is 1. The van der Waals surface area contributed by atoms with Crippen LogP contribution < -0.4 is 21.3 Å². The van der Waals surface area contributed by atoms with Crippen LogP contribution in [0, 0.1) is 6.92 Å². The smallest absolute Gasteiger partial charge is 0.290 e. The van der Waals surface area contributed by atoms with E-state index in [1.54, 1.807) is 48.6 Å². The molecular weight excluding hydrogens is 376 g/mol. The predicted octanol–water partition coefficient (Wildman–Crippen LogP) is 3.46. The van der Waals surface area contributed by atoms with Gasteiger partial charge in [-0.2, -0.15) is 5.10 Å². The Bertz CT molecular complexity index is 1040. The molecule has 7 nitrogen and oxygen atoms in total. The molecule has 1 amide bonds. The summed E-state index contributed by atoms with van der Waals surface area (Å²) in [6.45, 7) is 6.07. The highest BCUT2D eigenvalue weighted by Gasteiger charge is 2.20. The van der Waals surface area contributed by atoms with Crippen molar-refractivity contribution in [1.82, 2.24) is 9.78 Å². The van der Waals surface area contributed by atoms with Crippen molar-refractivity contribution in [3.8, 4) is 16.3 Å². The summed E-state index contributed by atoms with van der Waals surface area (Å²) in [5.74, 6) is 0.357. The molecule has 0 aliphatic rings. The number of aryl methyl sites for hydroxylation is 1. The zero-order valence-electron chi connectivity index (χ0n) is 15.9. The number of rotatable bonds is 6. The van der Waals surface area contributed by atoms with E-state index in [0.717, 1.165) is 20.2 Å². The second-order valence-corrected chi connectivity index (χ2v) is 7.56. The highest BCUT2D eigenvalue weighted by molar-refractivity contribution is 7.15. The fourth-order valence-corrected chi connectivity index (χ4v) is 3.47. The van der Waals surface area contributed by atoms with Gasteiger partial charge in [0.1, 0.15) is 23.2 Å². The fraction of sp³-hybridized carbons (Fsp3) is 0.250. The number of nitrogens with one attached hydrogen (secondary N) is 1. The third kappa shape index (κ3) is 4.23. The highest BCUT2D eigenvalue weighted by atomic mass is 32.1. The molecule has 0 fully saturated rings. The summed E-state index contributed by atoms with van der Waals surface area (Å²) in [6.07, 6.45) is 0. The lowest BCUT2D eigenvalue weighted by atomic mass is 10.2. The van der Waals surface area contributed by atoms with E-state index in [1.165, 1.54) is 0 Å². The number of aromatic nitrogens is 2. The van der Waals surface area contributed by atoms with Crippen LogP contribution in [-0.2, 0) is 4.79 Å². The molecule has 0 unspecified atom stereocenters. The molecule has 0 aliphatic heterocycles. The van der Waals surface area contributed by atoms with Gasteiger partial charge in [0, 0.05) is 10.6 Å². The molecule has 0 spiro atoms. The van der Waals surface area contributed by atoms with Crippen LogP contribution in [0.15, 0.2) is 47.3 Å². The maximum atomic E-state index is 12.7. The predicted molar refractivity (Wildman–Crippen MR) is 112 cm³/mol. The number of hydrogen-bond acceptors (Lipinski definition) is 6. The molecule has 1 aromatic carbocycles. The molecule has 3 rings (SSSR count). The lowest BCUT2D eigenvalue weighted by Gasteiger charge is -2.16. The molecule has 0 saturated carbocycles. The van der Waals surface area contributed by atoms with Crippen molar-refractivity contribution in [2.24, 2.45) is 0 Å². The summed E-state index contributed by atoms with van der Waals surface area (Å²) < 4.78 is 6.52. The second-order valence-electron chi connectivity index (χ2n) is 6.27. The largest absolute Gasteiger partial charge is 0.494 e. The molecule has 2 heterocycles. The number of nitrogens with zero attached hydrogens (tertiary/aromatic N) is 2. The average Bonchev–Trinajstić information content (AvgIpc) is 3.11. The van der Waals surface area contributed by atoms with Crippen LogP contribution >= 0.6 is 11.3 Å². The summed E-state index contributed by atoms with van der Waals surface area (Å²) in [5.41, 5.74) is 6.61. The SMILES string of the molecule is CCOc1ccc(NC(=O)[C@@H](C)n2nc(-c3ccc(C)s3)cc(N)c2=O)cc1. The quantitative estimate of drug-likeness (QED) is 0.662. The Balaban J connectivity index is 1.84. The van der Waals surface area contributed by atoms with Gasteiger partial charge >= 0.3 is 0 Å². The Kier molecular flexibility index (Phi) is 5.79. The maximum Gasteiger partial charge on any atom is 0.290 e. The molecule has 8 heteroatoms. The van der Waals surface area contributed by atoms with Gasteiger partial charge in [-0.15, -0.1) is 11.3 Å². The van der Waals surface area contributed by atoms with Gasteiger partial charge in [0.2, 0.25) is 5.91 Å². The Hall–Kier alpha value is -3.13. The Morgan fingerprint density at radius 2 is 2.00 bits per heavy atom. The van der Waals surface area contributed by atoms with Crippen LogP contribution in [0.4, 0.5) is 11.4 Å². The third-order valence-electron chi connectivity index (χ3n) is 4.13. The first-order valence-corrected chi connectivity index (χ1v) is 9.70. The van der Waals surface area contributed by atoms with Crippen molar-refractivity contribution in [1.29, 1.82) is 0 Å². The highest BCUT2D eigenvalue weighted by Crippen LogP contribution is 2.26. The Morgan fingerprint density at radius 3 is 2.61 bits per heavy atom. The van der Waals surface area contributed by atoms with Gasteiger partial charge in [0.25, 0.3) is 5.56 Å². The molecule has 2 aromatic heterocycles. The zero-order chi connectivity index (χ0) is 20.3. The van der Waals surface area contributed by atoms with Crippen LogP contribution in [0.1, 0.15) is 24.8 Å². The van der Waals surface area contributed by atoms with E-state index in [1.807, 2.05) is 26.0 Å². The first-order valence-electron chi connectivity index (χ1n) is 8.89. The van der Waals surface area contributed by atoms with E-state index < -0.39 is 11.6 Å². The lowest BCUT2D eigenvalue weighted by molar-refractivity contribution is -0.119. The van der Waals surface area contributed by atoms with Crippen molar-refractivity contribution in [3.05, 3.63) is 57.7 Å². The number of ether oxygens (including phenoxy) is 1. The lowest BCUT2D eigenvalue weighted by Crippen LogP contribution is -2.34. The van der Waals surface area contributed by atoms with Crippen LogP contribution in [0.25, 0.3) is 10.6 Å². The van der Waals surface area contributed by atoms with Crippen LogP contribution in [0.3, 0.4) is 0 Å². The monoisotopic (exact) mass is 398 g/mol. The first-order chi connectivity index (χ1) is 13.4. The minimum atomic E-state index is -0.831. The van der Waals surface area contributed by atoms with E-state index in [4.69, 9.17) is 10.5 Å². The number of hydrogen-bond donors (Lipinski definition) is 2. The number of benzene rings is 1. The molecule has 0 bridgehead atoms. The van der Waals surface area contributed by atoms with Crippen LogP contribution in [-0.4, -0.2) is 22.3 Å².